The highest BCUT2D eigenvalue weighted by Gasteiger charge is 2.24. The van der Waals surface area contributed by atoms with Gasteiger partial charge >= 0.3 is 0 Å². The van der Waals surface area contributed by atoms with Gasteiger partial charge in [-0.15, -0.1) is 0 Å². The first-order chi connectivity index (χ1) is 18.6. The molecule has 4 rings (SSSR count). The van der Waals surface area contributed by atoms with Crippen LogP contribution < -0.4 is 10.6 Å². The molecular formula is C29H26Cl4N4O2. The molecule has 0 spiro atoms. The zero-order valence-corrected chi connectivity index (χ0v) is 24.3. The molecule has 10 heteroatoms. The molecule has 202 valence electrons. The van der Waals surface area contributed by atoms with Gasteiger partial charge in [-0.05, 0) is 62.1 Å². The Morgan fingerprint density at radius 3 is 2.15 bits per heavy atom. The van der Waals surface area contributed by atoms with Crippen molar-refractivity contribution >= 4 is 69.1 Å². The van der Waals surface area contributed by atoms with Crippen LogP contribution in [0.3, 0.4) is 0 Å². The van der Waals surface area contributed by atoms with Gasteiger partial charge in [-0.25, -0.2) is 4.98 Å². The molecule has 6 nitrogen and oxygen atoms in total. The van der Waals surface area contributed by atoms with Crippen molar-refractivity contribution in [3.8, 4) is 11.3 Å². The molecule has 0 saturated heterocycles. The highest BCUT2D eigenvalue weighted by molar-refractivity contribution is 6.40. The molecule has 2 amide bonds. The Morgan fingerprint density at radius 1 is 0.872 bits per heavy atom. The van der Waals surface area contributed by atoms with Crippen molar-refractivity contribution in [1.29, 1.82) is 0 Å². The Hall–Kier alpha value is -2.87. The van der Waals surface area contributed by atoms with Crippen LogP contribution in [0.25, 0.3) is 22.2 Å². The van der Waals surface area contributed by atoms with Crippen molar-refractivity contribution in [2.24, 2.45) is 0 Å². The Bertz CT molecular complexity index is 1490. The molecule has 39 heavy (non-hydrogen) atoms. The van der Waals surface area contributed by atoms with Crippen LogP contribution in [0.5, 0.6) is 0 Å². The van der Waals surface area contributed by atoms with Crippen LogP contribution in [0.15, 0.2) is 66.7 Å². The van der Waals surface area contributed by atoms with Crippen LogP contribution in [0.1, 0.15) is 15.9 Å². The van der Waals surface area contributed by atoms with Crippen LogP contribution >= 0.6 is 46.4 Å². The second-order valence-corrected chi connectivity index (χ2v) is 10.9. The molecule has 0 aliphatic heterocycles. The number of hydrogen-bond acceptors (Lipinski definition) is 4. The second-order valence-electron chi connectivity index (χ2n) is 9.24. The van der Waals surface area contributed by atoms with Gasteiger partial charge < -0.3 is 15.5 Å². The molecular weight excluding hydrogens is 578 g/mol. The summed E-state index contributed by atoms with van der Waals surface area (Å²) in [6.07, 6.45) is 0.246. The molecule has 0 saturated carbocycles. The summed E-state index contributed by atoms with van der Waals surface area (Å²) >= 11 is 25.2. The number of fused-ring (bicyclic) bond motifs is 1. The number of pyridine rings is 1. The summed E-state index contributed by atoms with van der Waals surface area (Å²) in [5.41, 5.74) is 3.03. The van der Waals surface area contributed by atoms with Gasteiger partial charge in [0.05, 0.1) is 36.9 Å². The maximum Gasteiger partial charge on any atom is 0.254 e. The summed E-state index contributed by atoms with van der Waals surface area (Å²) in [5, 5.41) is 8.02. The number of amides is 2. The molecule has 1 heterocycles. The lowest BCUT2D eigenvalue weighted by Gasteiger charge is -2.20. The predicted molar refractivity (Wildman–Crippen MR) is 160 cm³/mol. The van der Waals surface area contributed by atoms with E-state index in [1.165, 1.54) is 0 Å². The van der Waals surface area contributed by atoms with Crippen molar-refractivity contribution in [3.05, 3.63) is 97.9 Å². The summed E-state index contributed by atoms with van der Waals surface area (Å²) in [7, 11) is 3.83. The van der Waals surface area contributed by atoms with E-state index in [0.29, 0.717) is 34.4 Å². The fourth-order valence-electron chi connectivity index (χ4n) is 4.10. The summed E-state index contributed by atoms with van der Waals surface area (Å²) < 4.78 is 0. The van der Waals surface area contributed by atoms with Gasteiger partial charge in [-0.2, -0.15) is 0 Å². The van der Waals surface area contributed by atoms with E-state index in [1.807, 2.05) is 49.3 Å². The largest absolute Gasteiger partial charge is 0.353 e. The lowest BCUT2D eigenvalue weighted by molar-refractivity contribution is -0.123. The van der Waals surface area contributed by atoms with Crippen molar-refractivity contribution in [1.82, 2.24) is 20.5 Å². The van der Waals surface area contributed by atoms with E-state index in [1.54, 1.807) is 36.4 Å². The third-order valence-electron chi connectivity index (χ3n) is 6.08. The molecule has 3 aromatic carbocycles. The molecule has 0 bridgehead atoms. The quantitative estimate of drug-likeness (QED) is 0.228. The number of carbonyl (C=O) groups is 2. The van der Waals surface area contributed by atoms with Crippen LogP contribution in [0.4, 0.5) is 0 Å². The number of benzene rings is 3. The van der Waals surface area contributed by atoms with Crippen LogP contribution in [0, 0.1) is 0 Å². The normalized spacial score (nSPS) is 12.0. The monoisotopic (exact) mass is 602 g/mol. The minimum atomic E-state index is -0.862. The van der Waals surface area contributed by atoms with E-state index in [0.717, 1.165) is 16.5 Å². The zero-order valence-electron chi connectivity index (χ0n) is 21.3. The average Bonchev–Trinajstić information content (AvgIpc) is 2.88. The van der Waals surface area contributed by atoms with E-state index in [4.69, 9.17) is 51.4 Å². The van der Waals surface area contributed by atoms with E-state index in [2.05, 4.69) is 10.6 Å². The lowest BCUT2D eigenvalue weighted by atomic mass is 10.0. The van der Waals surface area contributed by atoms with Crippen molar-refractivity contribution in [2.75, 3.05) is 27.2 Å². The first-order valence-electron chi connectivity index (χ1n) is 12.2. The molecule has 4 aromatic rings. The number of rotatable bonds is 9. The minimum Gasteiger partial charge on any atom is -0.353 e. The number of aromatic nitrogens is 1. The molecule has 0 aliphatic carbocycles. The third-order valence-corrected chi connectivity index (χ3v) is 7.34. The molecule has 0 aliphatic rings. The minimum absolute atomic E-state index is 0.125. The van der Waals surface area contributed by atoms with Gasteiger partial charge in [0.15, 0.2) is 0 Å². The molecule has 2 N–H and O–H groups in total. The first kappa shape index (κ1) is 29.1. The third kappa shape index (κ3) is 7.21. The fourth-order valence-corrected chi connectivity index (χ4v) is 5.26. The van der Waals surface area contributed by atoms with Gasteiger partial charge in [-0.3, -0.25) is 9.59 Å². The average molecular weight is 604 g/mol. The standard InChI is InChI=1S/C29H26Cl4N4O2/c1-37(2)14-13-34-28(38)25(36-29(39)27-21(32)7-4-8-22(27)33)16-17-9-11-23-18(15-17)10-12-24(35-23)26-19(30)5-3-6-20(26)31/h3-12,15,25H,13-14,16H2,1-2H3,(H,34,38)(H,36,39). The highest BCUT2D eigenvalue weighted by atomic mass is 35.5. The maximum absolute atomic E-state index is 13.1. The smallest absolute Gasteiger partial charge is 0.254 e. The zero-order chi connectivity index (χ0) is 28.1. The summed E-state index contributed by atoms with van der Waals surface area (Å²) in [6, 6.07) is 18.7. The lowest BCUT2D eigenvalue weighted by Crippen LogP contribution is -2.49. The van der Waals surface area contributed by atoms with E-state index >= 15 is 0 Å². The second kappa shape index (κ2) is 13.0. The Labute approximate surface area is 247 Å². The Balaban J connectivity index is 1.60. The molecule has 1 aromatic heterocycles. The van der Waals surface area contributed by atoms with Gasteiger partial charge in [-0.1, -0.05) is 70.7 Å². The molecule has 0 fully saturated rings. The SMILES string of the molecule is CN(C)CCNC(=O)C(Cc1ccc2nc(-c3c(Cl)cccc3Cl)ccc2c1)NC(=O)c1c(Cl)cccc1Cl. The summed E-state index contributed by atoms with van der Waals surface area (Å²) in [6.45, 7) is 1.09. The van der Waals surface area contributed by atoms with Crippen molar-refractivity contribution in [2.45, 2.75) is 12.5 Å². The summed E-state index contributed by atoms with van der Waals surface area (Å²) in [5.74, 6) is -0.836. The van der Waals surface area contributed by atoms with Gasteiger partial charge in [0.1, 0.15) is 6.04 Å². The number of hydrogen-bond donors (Lipinski definition) is 2. The Morgan fingerprint density at radius 2 is 1.51 bits per heavy atom. The van der Waals surface area contributed by atoms with E-state index in [9.17, 15) is 9.59 Å². The topological polar surface area (TPSA) is 74.3 Å². The number of nitrogens with one attached hydrogen (secondary N) is 2. The number of carbonyl (C=O) groups excluding carboxylic acids is 2. The van der Waals surface area contributed by atoms with Gasteiger partial charge in [0.2, 0.25) is 5.91 Å². The molecule has 0 radical (unpaired) electrons. The number of nitrogens with zero attached hydrogens (tertiary/aromatic N) is 2. The van der Waals surface area contributed by atoms with Gasteiger partial charge in [0.25, 0.3) is 5.91 Å². The first-order valence-corrected chi connectivity index (χ1v) is 13.7. The molecule has 1 atom stereocenters. The fraction of sp³-hybridized carbons (Fsp3) is 0.207. The molecule has 1 unspecified atom stereocenters. The van der Waals surface area contributed by atoms with Crippen molar-refractivity contribution in [3.63, 3.8) is 0 Å². The van der Waals surface area contributed by atoms with Crippen LogP contribution in [0.2, 0.25) is 20.1 Å². The summed E-state index contributed by atoms with van der Waals surface area (Å²) in [4.78, 5) is 33.0. The maximum atomic E-state index is 13.1. The van der Waals surface area contributed by atoms with E-state index < -0.39 is 11.9 Å². The van der Waals surface area contributed by atoms with Gasteiger partial charge in [0, 0.05) is 30.5 Å². The highest BCUT2D eigenvalue weighted by Crippen LogP contribution is 2.34. The van der Waals surface area contributed by atoms with Crippen LogP contribution in [-0.4, -0.2) is 54.9 Å². The van der Waals surface area contributed by atoms with Crippen molar-refractivity contribution < 1.29 is 9.59 Å². The van der Waals surface area contributed by atoms with Crippen LogP contribution in [-0.2, 0) is 11.2 Å². The number of likely N-dealkylation sites (N-methyl/N-ethyl adjacent to an activating group) is 1. The predicted octanol–water partition coefficient (Wildman–Crippen LogP) is 6.53. The Kier molecular flexibility index (Phi) is 9.70. The number of halogens is 4. The van der Waals surface area contributed by atoms with E-state index in [-0.39, 0.29) is 27.9 Å².